The van der Waals surface area contributed by atoms with Crippen LogP contribution in [0.3, 0.4) is 0 Å². The molecule has 216 valence electrons. The van der Waals surface area contributed by atoms with Crippen LogP contribution in [-0.2, 0) is 9.63 Å². The van der Waals surface area contributed by atoms with Crippen molar-refractivity contribution in [3.8, 4) is 5.75 Å². The van der Waals surface area contributed by atoms with Crippen molar-refractivity contribution in [3.63, 3.8) is 0 Å². The molecule has 1 unspecified atom stereocenters. The number of piperazine rings is 1. The first kappa shape index (κ1) is 30.1. The van der Waals surface area contributed by atoms with Crippen molar-refractivity contribution >= 4 is 61.9 Å². The molecule has 2 heterocycles. The molecule has 1 aliphatic rings. The summed E-state index contributed by atoms with van der Waals surface area (Å²) in [7, 11) is 0. The van der Waals surface area contributed by atoms with Gasteiger partial charge in [-0.05, 0) is 37.3 Å². The summed E-state index contributed by atoms with van der Waals surface area (Å²) in [5, 5.41) is 5.54. The number of fused-ring (bicyclic) bond motifs is 1. The maximum atomic E-state index is 13.9. The number of nitrogens with zero attached hydrogens (tertiary/aromatic N) is 3. The van der Waals surface area contributed by atoms with Crippen LogP contribution in [0.1, 0.15) is 18.6 Å². The zero-order chi connectivity index (χ0) is 29.0. The first-order valence-corrected chi connectivity index (χ1v) is 13.5. The molecule has 0 radical (unpaired) electrons. The Hall–Kier alpha value is -2.91. The second kappa shape index (κ2) is 12.7. The minimum Gasteiger partial charge on any atom is -0.486 e. The molecule has 2 amide bonds. The number of carbonyl (C=O) groups is 2. The lowest BCUT2D eigenvalue weighted by Crippen LogP contribution is -2.49. The Morgan fingerprint density at radius 2 is 1.95 bits per heavy atom. The van der Waals surface area contributed by atoms with Gasteiger partial charge in [0.15, 0.2) is 0 Å². The van der Waals surface area contributed by atoms with Crippen molar-refractivity contribution in [1.29, 1.82) is 0 Å². The van der Waals surface area contributed by atoms with E-state index in [2.05, 4.69) is 25.4 Å². The van der Waals surface area contributed by atoms with Crippen LogP contribution in [0.4, 0.5) is 27.5 Å². The fraction of sp³-hybridized carbons (Fsp3) is 0.375. The fourth-order valence-electron chi connectivity index (χ4n) is 3.86. The van der Waals surface area contributed by atoms with Gasteiger partial charge < -0.3 is 20.2 Å². The fourth-order valence-corrected chi connectivity index (χ4v) is 5.48. The SMILES string of the molecule is CC(Oc1ccc2nc(N(OC(=O)C(F)(F)F)C(=O)NCCN3CCNCC3)sc2c1)c1c(Cl)ccc(F)c1Cl. The van der Waals surface area contributed by atoms with E-state index in [-0.39, 0.29) is 38.1 Å². The van der Waals surface area contributed by atoms with Crippen LogP contribution >= 0.6 is 34.5 Å². The highest BCUT2D eigenvalue weighted by Gasteiger charge is 2.44. The summed E-state index contributed by atoms with van der Waals surface area (Å²) < 4.78 is 59.1. The van der Waals surface area contributed by atoms with Crippen molar-refractivity contribution in [2.75, 3.05) is 44.3 Å². The molecule has 16 heteroatoms. The van der Waals surface area contributed by atoms with E-state index in [0.717, 1.165) is 43.6 Å². The van der Waals surface area contributed by atoms with E-state index in [1.165, 1.54) is 24.3 Å². The number of amides is 2. The minimum atomic E-state index is -5.34. The van der Waals surface area contributed by atoms with E-state index in [1.54, 1.807) is 6.92 Å². The second-order valence-corrected chi connectivity index (χ2v) is 10.4. The summed E-state index contributed by atoms with van der Waals surface area (Å²) >= 11 is 13.0. The summed E-state index contributed by atoms with van der Waals surface area (Å²) in [5.41, 5.74) is 0.527. The smallest absolute Gasteiger partial charge is 0.486 e. The van der Waals surface area contributed by atoms with E-state index in [4.69, 9.17) is 27.9 Å². The number of benzene rings is 2. The summed E-state index contributed by atoms with van der Waals surface area (Å²) in [6, 6.07) is 5.92. The standard InChI is InChI=1S/C24H23Cl2F4N5O4S/c1-13(19-15(25)3-4-16(27)20(19)26)38-14-2-5-17-18(12-14)40-23(33-17)35(39-21(36)24(28,29)30)22(37)32-8-11-34-9-6-31-7-10-34/h2-5,12-13,31H,6-11H2,1H3,(H,32,37). The number of ether oxygens (including phenoxy) is 1. The van der Waals surface area contributed by atoms with Crippen LogP contribution in [-0.4, -0.2) is 67.3 Å². The third kappa shape index (κ3) is 7.23. The number of anilines is 1. The molecule has 40 heavy (non-hydrogen) atoms. The zero-order valence-electron chi connectivity index (χ0n) is 20.9. The quantitative estimate of drug-likeness (QED) is 0.209. The first-order chi connectivity index (χ1) is 18.9. The van der Waals surface area contributed by atoms with Crippen LogP contribution in [0.5, 0.6) is 5.75 Å². The van der Waals surface area contributed by atoms with Crippen molar-refractivity contribution in [2.45, 2.75) is 19.2 Å². The molecule has 4 rings (SSSR count). The molecule has 1 aliphatic heterocycles. The third-order valence-corrected chi connectivity index (χ3v) is 7.53. The van der Waals surface area contributed by atoms with Crippen molar-refractivity contribution in [1.82, 2.24) is 20.5 Å². The van der Waals surface area contributed by atoms with E-state index in [0.29, 0.717) is 16.8 Å². The number of nitrogens with one attached hydrogen (secondary N) is 2. The predicted molar refractivity (Wildman–Crippen MR) is 142 cm³/mol. The lowest BCUT2D eigenvalue weighted by molar-refractivity contribution is -0.199. The molecule has 0 aliphatic carbocycles. The van der Waals surface area contributed by atoms with Crippen LogP contribution in [0, 0.1) is 5.82 Å². The van der Waals surface area contributed by atoms with Crippen LogP contribution < -0.4 is 20.4 Å². The molecule has 1 fully saturated rings. The Labute approximate surface area is 239 Å². The van der Waals surface area contributed by atoms with Gasteiger partial charge in [-0.25, -0.2) is 19.0 Å². The summed E-state index contributed by atoms with van der Waals surface area (Å²) in [4.78, 5) is 35.0. The minimum absolute atomic E-state index is 0.102. The predicted octanol–water partition coefficient (Wildman–Crippen LogP) is 5.32. The Kier molecular flexibility index (Phi) is 9.56. The van der Waals surface area contributed by atoms with Crippen molar-refractivity contribution in [2.24, 2.45) is 0 Å². The molecule has 1 atom stereocenters. The van der Waals surface area contributed by atoms with E-state index >= 15 is 0 Å². The molecule has 2 N–H and O–H groups in total. The van der Waals surface area contributed by atoms with E-state index in [9.17, 15) is 27.2 Å². The highest BCUT2D eigenvalue weighted by molar-refractivity contribution is 7.22. The number of carbonyl (C=O) groups excluding carboxylic acids is 2. The van der Waals surface area contributed by atoms with Gasteiger partial charge in [0.1, 0.15) is 17.7 Å². The Bertz CT molecular complexity index is 1390. The number of hydrogen-bond donors (Lipinski definition) is 2. The molecular formula is C24H23Cl2F4N5O4S. The van der Waals surface area contributed by atoms with Crippen LogP contribution in [0.15, 0.2) is 30.3 Å². The number of halogens is 6. The Morgan fingerprint density at radius 3 is 2.65 bits per heavy atom. The average molecular weight is 624 g/mol. The van der Waals surface area contributed by atoms with Gasteiger partial charge in [0.25, 0.3) is 0 Å². The number of thiazole rings is 1. The van der Waals surface area contributed by atoms with Gasteiger partial charge >= 0.3 is 18.2 Å². The van der Waals surface area contributed by atoms with Gasteiger partial charge in [-0.2, -0.15) is 13.2 Å². The molecule has 9 nitrogen and oxygen atoms in total. The zero-order valence-corrected chi connectivity index (χ0v) is 23.2. The van der Waals surface area contributed by atoms with Crippen molar-refractivity contribution < 1.29 is 36.7 Å². The number of urea groups is 1. The normalized spacial score (nSPS) is 15.1. The second-order valence-electron chi connectivity index (χ2n) is 8.64. The van der Waals surface area contributed by atoms with Gasteiger partial charge in [-0.1, -0.05) is 39.6 Å². The van der Waals surface area contributed by atoms with Crippen molar-refractivity contribution in [3.05, 3.63) is 51.8 Å². The van der Waals surface area contributed by atoms with Gasteiger partial charge in [0, 0.05) is 49.9 Å². The van der Waals surface area contributed by atoms with Crippen LogP contribution in [0.2, 0.25) is 10.0 Å². The number of rotatable bonds is 7. The molecule has 2 aromatic carbocycles. The number of aromatic nitrogens is 1. The Morgan fingerprint density at radius 1 is 1.23 bits per heavy atom. The molecule has 1 saturated heterocycles. The van der Waals surface area contributed by atoms with Gasteiger partial charge in [-0.3, -0.25) is 4.90 Å². The highest BCUT2D eigenvalue weighted by atomic mass is 35.5. The lowest BCUT2D eigenvalue weighted by atomic mass is 10.1. The molecular weight excluding hydrogens is 601 g/mol. The molecule has 0 spiro atoms. The topological polar surface area (TPSA) is 96.0 Å². The molecule has 3 aromatic rings. The maximum absolute atomic E-state index is 13.9. The number of hydroxylamine groups is 1. The van der Waals surface area contributed by atoms with Gasteiger partial charge in [-0.15, -0.1) is 0 Å². The van der Waals surface area contributed by atoms with Gasteiger partial charge in [0.2, 0.25) is 5.13 Å². The summed E-state index contributed by atoms with van der Waals surface area (Å²) in [6.45, 7) is 5.22. The average Bonchev–Trinajstić information content (AvgIpc) is 3.32. The van der Waals surface area contributed by atoms with E-state index in [1.807, 2.05) is 0 Å². The monoisotopic (exact) mass is 623 g/mol. The van der Waals surface area contributed by atoms with Crippen LogP contribution in [0.25, 0.3) is 10.2 Å². The largest absolute Gasteiger partial charge is 0.493 e. The first-order valence-electron chi connectivity index (χ1n) is 11.9. The third-order valence-electron chi connectivity index (χ3n) is 5.83. The molecule has 1 aromatic heterocycles. The van der Waals surface area contributed by atoms with E-state index < -0.39 is 30.1 Å². The summed E-state index contributed by atoms with van der Waals surface area (Å²) in [5.74, 6) is -2.96. The number of hydrogen-bond acceptors (Lipinski definition) is 8. The molecule has 0 saturated carbocycles. The lowest BCUT2D eigenvalue weighted by Gasteiger charge is -2.27. The Balaban J connectivity index is 1.53. The highest BCUT2D eigenvalue weighted by Crippen LogP contribution is 2.37. The number of alkyl halides is 3. The molecule has 0 bridgehead atoms. The maximum Gasteiger partial charge on any atom is 0.493 e. The summed E-state index contributed by atoms with van der Waals surface area (Å²) in [6.07, 6.45) is -6.11. The van der Waals surface area contributed by atoms with Gasteiger partial charge in [0.05, 0.1) is 15.2 Å².